The lowest BCUT2D eigenvalue weighted by molar-refractivity contribution is 0.131. The Morgan fingerprint density at radius 1 is 0.329 bits per heavy atom. The number of aliphatic hydroxyl groups is 1. The van der Waals surface area contributed by atoms with Crippen LogP contribution in [0.1, 0.15) is 38.9 Å². The van der Waals surface area contributed by atoms with Crippen LogP contribution < -0.4 is 0 Å². The van der Waals surface area contributed by atoms with Crippen molar-refractivity contribution in [1.82, 2.24) is 0 Å². The van der Waals surface area contributed by atoms with Crippen LogP contribution in [-0.2, 0) is 11.0 Å². The number of hydrogen-bond acceptors (Lipinski definition) is 3. The summed E-state index contributed by atoms with van der Waals surface area (Å²) in [6.45, 7) is 0. The van der Waals surface area contributed by atoms with E-state index in [1.165, 1.54) is 12.1 Å². The van der Waals surface area contributed by atoms with Gasteiger partial charge in [0.15, 0.2) is 0 Å². The lowest BCUT2D eigenvalue weighted by Crippen LogP contribution is -2.27. The zero-order chi connectivity index (χ0) is 53.2. The summed E-state index contributed by atoms with van der Waals surface area (Å²) in [7, 11) is 0. The van der Waals surface area contributed by atoms with Crippen LogP contribution in [0.25, 0.3) is 110 Å². The maximum atomic E-state index is 15.1. The molecule has 2 heterocycles. The van der Waals surface area contributed by atoms with Gasteiger partial charge in [-0.15, -0.1) is 0 Å². The van der Waals surface area contributed by atoms with Crippen molar-refractivity contribution in [3.05, 3.63) is 281 Å². The molecule has 1 spiro atoms. The van der Waals surface area contributed by atoms with Crippen molar-refractivity contribution in [3.63, 3.8) is 0 Å². The summed E-state index contributed by atoms with van der Waals surface area (Å²) < 4.78 is 46.0. The molecule has 0 saturated heterocycles. The van der Waals surface area contributed by atoms with E-state index >= 15 is 4.39 Å². The molecule has 2 atom stereocenters. The number of fused-ring (bicyclic) bond motifs is 25. The third-order valence-corrected chi connectivity index (χ3v) is 19.3. The minimum atomic E-state index is -1.52. The van der Waals surface area contributed by atoms with Crippen LogP contribution >= 0.6 is 63.7 Å². The highest BCUT2D eigenvalue weighted by Crippen LogP contribution is 2.67. The van der Waals surface area contributed by atoms with Gasteiger partial charge in [-0.25, -0.2) is 8.78 Å². The molecule has 79 heavy (non-hydrogen) atoms. The Balaban J connectivity index is 0.000000132. The van der Waals surface area contributed by atoms with E-state index in [1.54, 1.807) is 24.3 Å². The van der Waals surface area contributed by atoms with Crippen LogP contribution in [-0.4, -0.2) is 5.11 Å². The molecule has 17 rings (SSSR count). The second-order valence-electron chi connectivity index (χ2n) is 20.6. The number of hydrogen-bond donors (Lipinski definition) is 1. The molecule has 3 nitrogen and oxygen atoms in total. The number of halogens is 6. The Kier molecular flexibility index (Phi) is 10.4. The lowest BCUT2D eigenvalue weighted by atomic mass is 9.70. The molecule has 376 valence electrons. The Morgan fingerprint density at radius 3 is 1.37 bits per heavy atom. The van der Waals surface area contributed by atoms with Crippen molar-refractivity contribution in [1.29, 1.82) is 0 Å². The van der Waals surface area contributed by atoms with Crippen LogP contribution in [0.4, 0.5) is 8.78 Å². The lowest BCUT2D eigenvalue weighted by Gasteiger charge is -2.31. The number of para-hydroxylation sites is 2. The van der Waals surface area contributed by atoms with Crippen molar-refractivity contribution < 1.29 is 22.7 Å². The van der Waals surface area contributed by atoms with Crippen LogP contribution in [0.5, 0.6) is 0 Å². The first-order valence-corrected chi connectivity index (χ1v) is 28.9. The highest BCUT2D eigenvalue weighted by Gasteiger charge is 2.54. The Bertz CT molecular complexity index is 5020. The van der Waals surface area contributed by atoms with E-state index in [2.05, 4.69) is 149 Å². The predicted octanol–water partition coefficient (Wildman–Crippen LogP) is 21.1. The van der Waals surface area contributed by atoms with Crippen LogP contribution in [0.3, 0.4) is 0 Å². The van der Waals surface area contributed by atoms with Gasteiger partial charge in [0.25, 0.3) is 0 Å². The summed E-state index contributed by atoms with van der Waals surface area (Å²) in [5.41, 5.74) is 15.5. The van der Waals surface area contributed by atoms with E-state index < -0.39 is 11.0 Å². The van der Waals surface area contributed by atoms with Gasteiger partial charge in [0.2, 0.25) is 0 Å². The highest BCUT2D eigenvalue weighted by molar-refractivity contribution is 9.11. The summed E-state index contributed by atoms with van der Waals surface area (Å²) >= 11 is 15.5. The number of rotatable bonds is 2. The maximum absolute atomic E-state index is 15.1. The van der Waals surface area contributed by atoms with Crippen molar-refractivity contribution in [2.75, 3.05) is 0 Å². The van der Waals surface area contributed by atoms with Gasteiger partial charge < -0.3 is 13.9 Å². The quantitative estimate of drug-likeness (QED) is 0.188. The molecule has 0 fully saturated rings. The SMILES string of the molecule is Fc1ccc2c(c1)C1(c3ccccc3-2)c2cc(Br)c3ccccc3c2-c2c1cc(Br)c1c2oc2ccccc21.OC1(c2ccccc2-c2ccc(F)cc2)c2cc(Br)c3ccccc3c2-c2c1cc(Br)c1c2oc2ccccc21. The maximum Gasteiger partial charge on any atom is 0.144 e. The van der Waals surface area contributed by atoms with Crippen LogP contribution in [0, 0.1) is 11.6 Å². The molecule has 0 amide bonds. The largest absolute Gasteiger partial charge is 0.455 e. The van der Waals surface area contributed by atoms with Crippen molar-refractivity contribution in [3.8, 4) is 44.5 Å². The smallest absolute Gasteiger partial charge is 0.144 e. The first kappa shape index (κ1) is 47.5. The van der Waals surface area contributed by atoms with Gasteiger partial charge in [0.1, 0.15) is 39.6 Å². The summed E-state index contributed by atoms with van der Waals surface area (Å²) in [6.07, 6.45) is 0. The van der Waals surface area contributed by atoms with Gasteiger partial charge in [-0.2, -0.15) is 0 Å². The summed E-state index contributed by atoms with van der Waals surface area (Å²) in [4.78, 5) is 0. The third-order valence-electron chi connectivity index (χ3n) is 16.8. The molecule has 3 aliphatic rings. The third kappa shape index (κ3) is 6.39. The molecule has 1 N–H and O–H groups in total. The molecular formula is C70H36Br4F2O3. The molecule has 12 aromatic carbocycles. The molecule has 14 aromatic rings. The van der Waals surface area contributed by atoms with E-state index in [-0.39, 0.29) is 11.6 Å². The Morgan fingerprint density at radius 2 is 0.747 bits per heavy atom. The van der Waals surface area contributed by atoms with E-state index in [4.69, 9.17) is 8.83 Å². The van der Waals surface area contributed by atoms with Gasteiger partial charge in [-0.05, 0) is 148 Å². The number of benzene rings is 12. The first-order chi connectivity index (χ1) is 38.5. The normalized spacial score (nSPS) is 16.4. The topological polar surface area (TPSA) is 46.5 Å². The number of furan rings is 2. The minimum absolute atomic E-state index is 0.236. The first-order valence-electron chi connectivity index (χ1n) is 25.8. The van der Waals surface area contributed by atoms with E-state index in [1.807, 2.05) is 91.0 Å². The summed E-state index contributed by atoms with van der Waals surface area (Å²) in [5, 5.41) is 21.6. The minimum Gasteiger partial charge on any atom is -0.455 e. The fraction of sp³-hybridized carbons (Fsp3) is 0.0286. The Hall–Kier alpha value is -7.50. The molecule has 0 aliphatic heterocycles. The molecule has 0 saturated carbocycles. The predicted molar refractivity (Wildman–Crippen MR) is 329 cm³/mol. The van der Waals surface area contributed by atoms with Crippen molar-refractivity contribution in [2.45, 2.75) is 11.0 Å². The molecular weight excluding hydrogens is 1250 g/mol. The Labute approximate surface area is 484 Å². The van der Waals surface area contributed by atoms with Gasteiger partial charge in [-0.3, -0.25) is 0 Å². The second kappa shape index (κ2) is 17.3. The van der Waals surface area contributed by atoms with Gasteiger partial charge in [-0.1, -0.05) is 199 Å². The van der Waals surface area contributed by atoms with E-state index in [9.17, 15) is 9.50 Å². The molecule has 9 heteroatoms. The molecule has 3 aliphatic carbocycles. The van der Waals surface area contributed by atoms with Gasteiger partial charge >= 0.3 is 0 Å². The monoisotopic (exact) mass is 1280 g/mol. The average molecular weight is 1280 g/mol. The molecule has 0 radical (unpaired) electrons. The van der Waals surface area contributed by atoms with Crippen molar-refractivity contribution >= 4 is 129 Å². The highest BCUT2D eigenvalue weighted by atomic mass is 79.9. The van der Waals surface area contributed by atoms with Crippen LogP contribution in [0.15, 0.2) is 239 Å². The molecule has 2 aromatic heterocycles. The standard InChI is InChI=1S/C35H19Br2FO2.C35H17Br2FO/c36-28-17-26-31(23-9-2-1-8-22(23)28)33-27(18-29(37)32-24-10-4-6-12-30(24)40-34(32)33)35(26,39)25-11-5-3-7-21(25)19-13-15-20(38)16-14-19;36-28-16-26-31(22-9-2-1-8-21(22)28)33-27(17-29(37)32-23-10-4-6-12-30(23)39-34(32)33)35(26)24-11-5-3-7-19(24)20-14-13-18(38)15-25(20)35/h1-18,39H;1-17H. The fourth-order valence-corrected chi connectivity index (χ4v) is 16.1. The van der Waals surface area contributed by atoms with Gasteiger partial charge in [0.05, 0.1) is 5.41 Å². The second-order valence-corrected chi connectivity index (χ2v) is 24.0. The fourth-order valence-electron chi connectivity index (χ4n) is 13.7. The summed E-state index contributed by atoms with van der Waals surface area (Å²) in [5.74, 6) is -0.539. The zero-order valence-electron chi connectivity index (χ0n) is 41.2. The molecule has 2 unspecified atom stereocenters. The van der Waals surface area contributed by atoms with E-state index in [0.717, 1.165) is 161 Å². The summed E-state index contributed by atoms with van der Waals surface area (Å²) in [6, 6.07) is 69.4. The van der Waals surface area contributed by atoms with Crippen LogP contribution in [0.2, 0.25) is 0 Å². The molecule has 0 bridgehead atoms. The van der Waals surface area contributed by atoms with Gasteiger partial charge in [0, 0.05) is 72.8 Å². The van der Waals surface area contributed by atoms with Crippen molar-refractivity contribution in [2.24, 2.45) is 0 Å². The zero-order valence-corrected chi connectivity index (χ0v) is 47.6. The average Bonchev–Trinajstić information content (AvgIpc) is 2.05. The van der Waals surface area contributed by atoms with E-state index in [0.29, 0.717) is 5.56 Å².